The monoisotopic (exact) mass is 318 g/mol. The Labute approximate surface area is 134 Å². The molecule has 2 aromatic rings. The van der Waals surface area contributed by atoms with E-state index in [0.29, 0.717) is 11.8 Å². The Kier molecular flexibility index (Phi) is 3.96. The minimum atomic E-state index is 0.411. The fourth-order valence-corrected chi connectivity index (χ4v) is 3.87. The van der Waals surface area contributed by atoms with Crippen LogP contribution in [0.3, 0.4) is 0 Å². The van der Waals surface area contributed by atoms with Crippen molar-refractivity contribution in [1.82, 2.24) is 20.0 Å². The third kappa shape index (κ3) is 3.08. The van der Waals surface area contributed by atoms with Crippen molar-refractivity contribution in [3.8, 4) is 0 Å². The van der Waals surface area contributed by atoms with Crippen LogP contribution >= 0.6 is 11.3 Å². The minimum absolute atomic E-state index is 0.411. The highest BCUT2D eigenvalue weighted by molar-refractivity contribution is 7.09. The lowest BCUT2D eigenvalue weighted by molar-refractivity contribution is 0.193. The van der Waals surface area contributed by atoms with Crippen molar-refractivity contribution in [2.24, 2.45) is 0 Å². The first kappa shape index (κ1) is 14.3. The second-order valence-electron chi connectivity index (χ2n) is 6.43. The van der Waals surface area contributed by atoms with Crippen molar-refractivity contribution < 1.29 is 4.52 Å². The third-order valence-electron chi connectivity index (χ3n) is 4.54. The lowest BCUT2D eigenvalue weighted by Crippen LogP contribution is -2.34. The zero-order valence-corrected chi connectivity index (χ0v) is 13.8. The SMILES string of the molecule is CCc1nc(CN2CCCC(c3noc(C4CC4)n3)C2)cs1. The summed E-state index contributed by atoms with van der Waals surface area (Å²) in [5.41, 5.74) is 1.20. The Morgan fingerprint density at radius 2 is 2.18 bits per heavy atom. The van der Waals surface area contributed by atoms with E-state index in [1.165, 1.54) is 30.0 Å². The summed E-state index contributed by atoms with van der Waals surface area (Å²) in [6, 6.07) is 0. The Balaban J connectivity index is 1.40. The van der Waals surface area contributed by atoms with E-state index in [-0.39, 0.29) is 0 Å². The molecule has 0 spiro atoms. The molecule has 5 nitrogen and oxygen atoms in total. The quantitative estimate of drug-likeness (QED) is 0.846. The standard InChI is InChI=1S/C16H22N4OS/c1-2-14-17-13(10-22-14)9-20-7-3-4-12(8-20)15-18-16(21-19-15)11-5-6-11/h10-12H,2-9H2,1H3. The fourth-order valence-electron chi connectivity index (χ4n) is 3.13. The first-order chi connectivity index (χ1) is 10.8. The predicted octanol–water partition coefficient (Wildman–Crippen LogP) is 3.35. The van der Waals surface area contributed by atoms with Gasteiger partial charge in [0.05, 0.1) is 10.7 Å². The number of likely N-dealkylation sites (tertiary alicyclic amines) is 1. The van der Waals surface area contributed by atoms with E-state index in [1.54, 1.807) is 11.3 Å². The summed E-state index contributed by atoms with van der Waals surface area (Å²) in [6.45, 7) is 5.26. The molecule has 0 amide bonds. The zero-order valence-electron chi connectivity index (χ0n) is 13.0. The average molecular weight is 318 g/mol. The van der Waals surface area contributed by atoms with E-state index in [1.807, 2.05) is 0 Å². The van der Waals surface area contributed by atoms with Gasteiger partial charge in [0.25, 0.3) is 0 Å². The molecule has 3 heterocycles. The van der Waals surface area contributed by atoms with Crippen LogP contribution in [0.15, 0.2) is 9.90 Å². The van der Waals surface area contributed by atoms with Crippen LogP contribution in [-0.2, 0) is 13.0 Å². The van der Waals surface area contributed by atoms with Crippen LogP contribution in [0.1, 0.15) is 66.9 Å². The van der Waals surface area contributed by atoms with Crippen molar-refractivity contribution in [1.29, 1.82) is 0 Å². The van der Waals surface area contributed by atoms with Gasteiger partial charge in [-0.1, -0.05) is 12.1 Å². The highest BCUT2D eigenvalue weighted by Crippen LogP contribution is 2.39. The molecule has 0 aromatic carbocycles. The minimum Gasteiger partial charge on any atom is -0.339 e. The summed E-state index contributed by atoms with van der Waals surface area (Å²) in [4.78, 5) is 11.8. The Morgan fingerprint density at radius 3 is 2.95 bits per heavy atom. The highest BCUT2D eigenvalue weighted by Gasteiger charge is 2.32. The second kappa shape index (κ2) is 6.08. The lowest BCUT2D eigenvalue weighted by Gasteiger charge is -2.30. The van der Waals surface area contributed by atoms with Crippen molar-refractivity contribution in [3.63, 3.8) is 0 Å². The van der Waals surface area contributed by atoms with Crippen molar-refractivity contribution >= 4 is 11.3 Å². The third-order valence-corrected chi connectivity index (χ3v) is 5.58. The molecule has 2 fully saturated rings. The molecule has 2 aromatic heterocycles. The van der Waals surface area contributed by atoms with Crippen molar-refractivity contribution in [2.75, 3.05) is 13.1 Å². The van der Waals surface area contributed by atoms with Gasteiger partial charge in [0.15, 0.2) is 5.82 Å². The largest absolute Gasteiger partial charge is 0.339 e. The summed E-state index contributed by atoms with van der Waals surface area (Å²) < 4.78 is 5.42. The van der Waals surface area contributed by atoms with E-state index in [9.17, 15) is 0 Å². The van der Waals surface area contributed by atoms with E-state index in [4.69, 9.17) is 4.52 Å². The Bertz CT molecular complexity index is 634. The van der Waals surface area contributed by atoms with Gasteiger partial charge in [-0.05, 0) is 38.6 Å². The molecule has 1 aliphatic carbocycles. The number of thiazole rings is 1. The number of rotatable bonds is 5. The maximum atomic E-state index is 5.42. The summed E-state index contributed by atoms with van der Waals surface area (Å²) in [5.74, 6) is 2.73. The van der Waals surface area contributed by atoms with Crippen molar-refractivity contribution in [3.05, 3.63) is 27.8 Å². The molecule has 6 heteroatoms. The highest BCUT2D eigenvalue weighted by atomic mass is 32.1. The lowest BCUT2D eigenvalue weighted by atomic mass is 9.97. The predicted molar refractivity (Wildman–Crippen MR) is 85.0 cm³/mol. The number of aromatic nitrogens is 3. The normalized spacial score (nSPS) is 23.0. The number of aryl methyl sites for hydroxylation is 1. The molecule has 0 bridgehead atoms. The summed E-state index contributed by atoms with van der Waals surface area (Å²) in [7, 11) is 0. The van der Waals surface area contributed by atoms with Gasteiger partial charge in [-0.15, -0.1) is 11.3 Å². The molecular formula is C16H22N4OS. The van der Waals surface area contributed by atoms with Gasteiger partial charge in [0, 0.05) is 30.3 Å². The molecule has 1 saturated carbocycles. The molecule has 1 aliphatic heterocycles. The summed E-state index contributed by atoms with van der Waals surface area (Å²) in [6.07, 6.45) is 5.81. The molecule has 4 rings (SSSR count). The molecule has 22 heavy (non-hydrogen) atoms. The molecular weight excluding hydrogens is 296 g/mol. The Morgan fingerprint density at radius 1 is 1.27 bits per heavy atom. The van der Waals surface area contributed by atoms with Gasteiger partial charge >= 0.3 is 0 Å². The average Bonchev–Trinajstić information content (AvgIpc) is 3.10. The van der Waals surface area contributed by atoms with Crippen LogP contribution < -0.4 is 0 Å². The van der Waals surface area contributed by atoms with E-state index in [0.717, 1.165) is 44.2 Å². The van der Waals surface area contributed by atoms with Crippen LogP contribution in [0.25, 0.3) is 0 Å². The molecule has 1 atom stereocenters. The first-order valence-electron chi connectivity index (χ1n) is 8.31. The van der Waals surface area contributed by atoms with Crippen molar-refractivity contribution in [2.45, 2.75) is 57.4 Å². The molecule has 1 unspecified atom stereocenters. The van der Waals surface area contributed by atoms with Crippen LogP contribution in [-0.4, -0.2) is 33.1 Å². The maximum absolute atomic E-state index is 5.42. The van der Waals surface area contributed by atoms with Gasteiger partial charge in [0.1, 0.15) is 0 Å². The smallest absolute Gasteiger partial charge is 0.229 e. The topological polar surface area (TPSA) is 55.1 Å². The van der Waals surface area contributed by atoms with Crippen LogP contribution in [0.5, 0.6) is 0 Å². The van der Waals surface area contributed by atoms with Crippen LogP contribution in [0.4, 0.5) is 0 Å². The van der Waals surface area contributed by atoms with Gasteiger partial charge in [-0.2, -0.15) is 4.98 Å². The molecule has 2 aliphatic rings. The number of hydrogen-bond acceptors (Lipinski definition) is 6. The molecule has 0 N–H and O–H groups in total. The second-order valence-corrected chi connectivity index (χ2v) is 7.37. The molecule has 1 saturated heterocycles. The van der Waals surface area contributed by atoms with Gasteiger partial charge in [-0.3, -0.25) is 4.90 Å². The van der Waals surface area contributed by atoms with E-state index >= 15 is 0 Å². The first-order valence-corrected chi connectivity index (χ1v) is 9.19. The number of nitrogens with zero attached hydrogens (tertiary/aromatic N) is 4. The van der Waals surface area contributed by atoms with E-state index < -0.39 is 0 Å². The maximum Gasteiger partial charge on any atom is 0.229 e. The summed E-state index contributed by atoms with van der Waals surface area (Å²) in [5, 5.41) is 7.66. The van der Waals surface area contributed by atoms with Gasteiger partial charge < -0.3 is 4.52 Å². The van der Waals surface area contributed by atoms with Gasteiger partial charge in [-0.25, -0.2) is 4.98 Å². The zero-order chi connectivity index (χ0) is 14.9. The molecule has 0 radical (unpaired) electrons. The van der Waals surface area contributed by atoms with Gasteiger partial charge in [0.2, 0.25) is 5.89 Å². The van der Waals surface area contributed by atoms with E-state index in [2.05, 4.69) is 32.3 Å². The molecule has 118 valence electrons. The summed E-state index contributed by atoms with van der Waals surface area (Å²) >= 11 is 1.77. The Hall–Kier alpha value is -1.27. The fraction of sp³-hybridized carbons (Fsp3) is 0.688. The van der Waals surface area contributed by atoms with Crippen LogP contribution in [0.2, 0.25) is 0 Å². The number of hydrogen-bond donors (Lipinski definition) is 0. The number of piperidine rings is 1. The van der Waals surface area contributed by atoms with Crippen LogP contribution in [0, 0.1) is 0 Å².